The summed E-state index contributed by atoms with van der Waals surface area (Å²) in [5, 5.41) is 0. The molecule has 1 aliphatic carbocycles. The Balaban J connectivity index is 1.79. The Morgan fingerprint density at radius 1 is 1.32 bits per heavy atom. The molecule has 3 heteroatoms. The summed E-state index contributed by atoms with van der Waals surface area (Å²) in [6.07, 6.45) is 6.08. The van der Waals surface area contributed by atoms with E-state index in [0.29, 0.717) is 12.1 Å². The van der Waals surface area contributed by atoms with Gasteiger partial charge in [0.1, 0.15) is 6.10 Å². The van der Waals surface area contributed by atoms with Crippen LogP contribution in [0.2, 0.25) is 0 Å². The fraction of sp³-hybridized carbons (Fsp3) is 0.562. The van der Waals surface area contributed by atoms with Crippen LogP contribution in [0.15, 0.2) is 24.3 Å². The molecule has 0 atom stereocenters. The lowest BCUT2D eigenvalue weighted by molar-refractivity contribution is -0.150. The van der Waals surface area contributed by atoms with Crippen LogP contribution in [0.25, 0.3) is 0 Å². The van der Waals surface area contributed by atoms with Crippen molar-refractivity contribution in [2.75, 3.05) is 5.73 Å². The average molecular weight is 261 g/mol. The van der Waals surface area contributed by atoms with Crippen LogP contribution in [0.3, 0.4) is 0 Å². The zero-order valence-corrected chi connectivity index (χ0v) is 11.6. The zero-order chi connectivity index (χ0) is 13.7. The minimum atomic E-state index is -0.134. The van der Waals surface area contributed by atoms with Gasteiger partial charge in [-0.3, -0.25) is 4.79 Å². The third-order valence-electron chi connectivity index (χ3n) is 3.97. The van der Waals surface area contributed by atoms with Gasteiger partial charge in [-0.2, -0.15) is 0 Å². The van der Waals surface area contributed by atoms with E-state index in [9.17, 15) is 4.79 Å². The van der Waals surface area contributed by atoms with Crippen molar-refractivity contribution in [1.82, 2.24) is 0 Å². The highest BCUT2D eigenvalue weighted by Crippen LogP contribution is 2.28. The van der Waals surface area contributed by atoms with E-state index in [0.717, 1.165) is 24.3 Å². The monoisotopic (exact) mass is 261 g/mol. The Morgan fingerprint density at radius 2 is 2.05 bits per heavy atom. The normalized spacial score (nSPS) is 23.0. The van der Waals surface area contributed by atoms with Crippen LogP contribution in [0.4, 0.5) is 5.69 Å². The molecule has 0 saturated heterocycles. The maximum Gasteiger partial charge on any atom is 0.310 e. The van der Waals surface area contributed by atoms with Crippen LogP contribution in [0.5, 0.6) is 0 Å². The number of benzene rings is 1. The van der Waals surface area contributed by atoms with Gasteiger partial charge in [-0.1, -0.05) is 25.5 Å². The number of carbonyl (C=O) groups excluding carboxylic acids is 1. The third-order valence-corrected chi connectivity index (χ3v) is 3.97. The minimum absolute atomic E-state index is 0.122. The summed E-state index contributed by atoms with van der Waals surface area (Å²) in [4.78, 5) is 11.9. The molecule has 0 bridgehead atoms. The number of hydrogen-bond acceptors (Lipinski definition) is 3. The van der Waals surface area contributed by atoms with E-state index in [-0.39, 0.29) is 12.1 Å². The van der Waals surface area contributed by atoms with Gasteiger partial charge in [0.05, 0.1) is 6.42 Å². The number of rotatable bonds is 4. The molecule has 0 amide bonds. The highest BCUT2D eigenvalue weighted by Gasteiger charge is 2.22. The van der Waals surface area contributed by atoms with Gasteiger partial charge < -0.3 is 10.5 Å². The van der Waals surface area contributed by atoms with Crippen molar-refractivity contribution in [1.29, 1.82) is 0 Å². The summed E-state index contributed by atoms with van der Waals surface area (Å²) in [6, 6.07) is 7.42. The van der Waals surface area contributed by atoms with Crippen molar-refractivity contribution in [3.8, 4) is 0 Å². The number of nitrogen functional groups attached to an aromatic ring is 1. The van der Waals surface area contributed by atoms with Crippen molar-refractivity contribution in [2.45, 2.75) is 51.6 Å². The molecule has 104 valence electrons. The molecule has 1 aliphatic rings. The van der Waals surface area contributed by atoms with E-state index in [1.165, 1.54) is 19.3 Å². The van der Waals surface area contributed by atoms with E-state index in [2.05, 4.69) is 6.92 Å². The molecule has 1 aromatic carbocycles. The average Bonchev–Trinajstić information content (AvgIpc) is 2.39. The number of esters is 1. The van der Waals surface area contributed by atoms with Gasteiger partial charge in [0.2, 0.25) is 0 Å². The molecule has 0 unspecified atom stereocenters. The fourth-order valence-corrected chi connectivity index (χ4v) is 2.76. The van der Waals surface area contributed by atoms with Crippen LogP contribution < -0.4 is 5.73 Å². The van der Waals surface area contributed by atoms with Gasteiger partial charge in [0, 0.05) is 5.69 Å². The van der Waals surface area contributed by atoms with Crippen molar-refractivity contribution < 1.29 is 9.53 Å². The van der Waals surface area contributed by atoms with Crippen LogP contribution in [-0.4, -0.2) is 12.1 Å². The van der Waals surface area contributed by atoms with E-state index < -0.39 is 0 Å². The topological polar surface area (TPSA) is 52.3 Å². The summed E-state index contributed by atoms with van der Waals surface area (Å²) in [5.41, 5.74) is 7.31. The minimum Gasteiger partial charge on any atom is -0.462 e. The molecular weight excluding hydrogens is 238 g/mol. The first kappa shape index (κ1) is 13.9. The molecule has 19 heavy (non-hydrogen) atoms. The lowest BCUT2D eigenvalue weighted by Crippen LogP contribution is -2.25. The molecule has 1 aromatic rings. The molecule has 2 N–H and O–H groups in total. The first-order valence-corrected chi connectivity index (χ1v) is 7.21. The summed E-state index contributed by atoms with van der Waals surface area (Å²) in [5.74, 6) is 0.689. The van der Waals surface area contributed by atoms with Crippen molar-refractivity contribution in [2.24, 2.45) is 5.92 Å². The van der Waals surface area contributed by atoms with Crippen LogP contribution in [0.1, 0.15) is 44.6 Å². The van der Waals surface area contributed by atoms with Crippen LogP contribution in [-0.2, 0) is 16.0 Å². The highest BCUT2D eigenvalue weighted by molar-refractivity contribution is 5.73. The first-order chi connectivity index (χ1) is 9.17. The number of nitrogens with two attached hydrogens (primary N) is 1. The van der Waals surface area contributed by atoms with Gasteiger partial charge in [0.25, 0.3) is 0 Å². The van der Waals surface area contributed by atoms with Crippen molar-refractivity contribution in [3.05, 3.63) is 29.8 Å². The summed E-state index contributed by atoms with van der Waals surface area (Å²) in [6.45, 7) is 2.23. The molecule has 0 heterocycles. The Morgan fingerprint density at radius 3 is 2.68 bits per heavy atom. The SMILES string of the molecule is CCC1CCC(OC(=O)Cc2cccc(N)c2)CC1. The molecule has 0 aromatic heterocycles. The molecular formula is C16H23NO2. The third kappa shape index (κ3) is 4.27. The summed E-state index contributed by atoms with van der Waals surface area (Å²) >= 11 is 0. The van der Waals surface area contributed by atoms with Crippen LogP contribution >= 0.6 is 0 Å². The predicted molar refractivity (Wildman–Crippen MR) is 76.7 cm³/mol. The Hall–Kier alpha value is -1.51. The number of carbonyl (C=O) groups is 1. The zero-order valence-electron chi connectivity index (χ0n) is 11.6. The molecule has 0 aliphatic heterocycles. The standard InChI is InChI=1S/C16H23NO2/c1-2-12-6-8-15(9-7-12)19-16(18)11-13-4-3-5-14(17)10-13/h3-5,10,12,15H,2,6-9,11,17H2,1H3. The smallest absolute Gasteiger partial charge is 0.310 e. The van der Waals surface area contributed by atoms with E-state index in [1.54, 1.807) is 0 Å². The molecule has 0 spiro atoms. The number of anilines is 1. The van der Waals surface area contributed by atoms with E-state index in [1.807, 2.05) is 24.3 Å². The van der Waals surface area contributed by atoms with Gasteiger partial charge in [-0.05, 0) is 49.3 Å². The number of hydrogen-bond donors (Lipinski definition) is 1. The lowest BCUT2D eigenvalue weighted by Gasteiger charge is -2.27. The van der Waals surface area contributed by atoms with E-state index >= 15 is 0 Å². The second kappa shape index (κ2) is 6.60. The molecule has 2 rings (SSSR count). The van der Waals surface area contributed by atoms with Gasteiger partial charge >= 0.3 is 5.97 Å². The van der Waals surface area contributed by atoms with Gasteiger partial charge in [-0.25, -0.2) is 0 Å². The van der Waals surface area contributed by atoms with E-state index in [4.69, 9.17) is 10.5 Å². The maximum absolute atomic E-state index is 11.9. The summed E-state index contributed by atoms with van der Waals surface area (Å²) in [7, 11) is 0. The van der Waals surface area contributed by atoms with Crippen molar-refractivity contribution in [3.63, 3.8) is 0 Å². The molecule has 1 fully saturated rings. The van der Waals surface area contributed by atoms with Crippen LogP contribution in [0, 0.1) is 5.92 Å². The Kier molecular flexibility index (Phi) is 4.83. The van der Waals surface area contributed by atoms with Gasteiger partial charge in [0.15, 0.2) is 0 Å². The lowest BCUT2D eigenvalue weighted by atomic mass is 9.86. The molecule has 3 nitrogen and oxygen atoms in total. The quantitative estimate of drug-likeness (QED) is 0.668. The molecule has 0 radical (unpaired) electrons. The summed E-state index contributed by atoms with van der Waals surface area (Å²) < 4.78 is 5.55. The fourth-order valence-electron chi connectivity index (χ4n) is 2.76. The molecule has 1 saturated carbocycles. The Bertz CT molecular complexity index is 423. The second-order valence-electron chi connectivity index (χ2n) is 5.46. The highest BCUT2D eigenvalue weighted by atomic mass is 16.5. The largest absolute Gasteiger partial charge is 0.462 e. The first-order valence-electron chi connectivity index (χ1n) is 7.21. The Labute approximate surface area is 115 Å². The number of ether oxygens (including phenoxy) is 1. The predicted octanol–water partition coefficient (Wildman–Crippen LogP) is 3.32. The van der Waals surface area contributed by atoms with Crippen molar-refractivity contribution >= 4 is 11.7 Å². The maximum atomic E-state index is 11.9. The van der Waals surface area contributed by atoms with Gasteiger partial charge in [-0.15, -0.1) is 0 Å². The second-order valence-corrected chi connectivity index (χ2v) is 5.46.